The number of rotatable bonds is 16. The number of hydrogen-bond donors (Lipinski definition) is 6. The molecule has 4 aliphatic carbocycles. The summed E-state index contributed by atoms with van der Waals surface area (Å²) >= 11 is 0. The van der Waals surface area contributed by atoms with Crippen molar-refractivity contribution in [3.63, 3.8) is 0 Å². The minimum atomic E-state index is -1.38. The number of likely N-dealkylation sites (tertiary alicyclic amines) is 2. The summed E-state index contributed by atoms with van der Waals surface area (Å²) in [7, 11) is 0. The Morgan fingerprint density at radius 3 is 1.37 bits per heavy atom. The number of aryl methyl sites for hydroxylation is 1. The van der Waals surface area contributed by atoms with Crippen LogP contribution in [-0.4, -0.2) is 116 Å². The number of nitrogens with two attached hydrogens (primary N) is 2. The Morgan fingerprint density at radius 2 is 0.962 bits per heavy atom. The van der Waals surface area contributed by atoms with Crippen LogP contribution in [0.3, 0.4) is 0 Å². The van der Waals surface area contributed by atoms with Crippen molar-refractivity contribution in [2.24, 2.45) is 58.8 Å². The summed E-state index contributed by atoms with van der Waals surface area (Å²) in [4.78, 5) is 87.7. The van der Waals surface area contributed by atoms with E-state index in [0.717, 1.165) is 93.5 Å². The van der Waals surface area contributed by atoms with Gasteiger partial charge in [-0.1, -0.05) is 76.3 Å². The molecule has 17 heteroatoms. The summed E-state index contributed by atoms with van der Waals surface area (Å²) in [5.41, 5.74) is 14.7. The zero-order valence-electron chi connectivity index (χ0n) is 45.3. The van der Waals surface area contributed by atoms with E-state index in [1.807, 2.05) is 28.0 Å². The van der Waals surface area contributed by atoms with Gasteiger partial charge in [0.25, 0.3) is 0 Å². The fourth-order valence-corrected chi connectivity index (χ4v) is 15.1. The van der Waals surface area contributed by atoms with Gasteiger partial charge >= 0.3 is 11.9 Å². The lowest BCUT2D eigenvalue weighted by molar-refractivity contribution is -0.143. The lowest BCUT2D eigenvalue weighted by atomic mass is 9.75. The number of carboxylic acid groups (broad SMARTS) is 2. The van der Waals surface area contributed by atoms with E-state index in [1.54, 1.807) is 19.1 Å². The zero-order chi connectivity index (χ0) is 55.4. The number of aromatic nitrogens is 2. The van der Waals surface area contributed by atoms with Gasteiger partial charge in [-0.3, -0.25) is 19.2 Å². The number of benzene rings is 2. The molecule has 10 rings (SSSR count). The lowest BCUT2D eigenvalue weighted by Gasteiger charge is -2.37. The monoisotopic (exact) mass is 1080 g/mol. The minimum absolute atomic E-state index is 0.0251. The molecule has 2 aromatic carbocycles. The molecule has 0 spiro atoms. The highest BCUT2D eigenvalue weighted by Gasteiger charge is 2.48. The molecule has 2 aliphatic heterocycles. The van der Waals surface area contributed by atoms with E-state index in [9.17, 15) is 52.2 Å². The number of hydrogen-bond acceptors (Lipinski definition) is 8. The van der Waals surface area contributed by atoms with Crippen LogP contribution in [0.25, 0.3) is 21.8 Å². The van der Waals surface area contributed by atoms with E-state index in [4.69, 9.17) is 11.5 Å². The van der Waals surface area contributed by atoms with Crippen LogP contribution in [0.5, 0.6) is 0 Å². The molecular weight excluding hydrogens is 1000 g/mol. The number of Topliss-reactive ketones (excluding diaryl/α,β-unsaturated/α-hetero) is 2. The predicted octanol–water partition coefficient (Wildman–Crippen LogP) is 10.2. The van der Waals surface area contributed by atoms with E-state index in [0.29, 0.717) is 67.3 Å². The van der Waals surface area contributed by atoms with Crippen molar-refractivity contribution < 1.29 is 52.2 Å². The molecule has 8 N–H and O–H groups in total. The van der Waals surface area contributed by atoms with Crippen molar-refractivity contribution in [3.8, 4) is 0 Å². The van der Waals surface area contributed by atoms with Crippen LogP contribution in [-0.2, 0) is 32.0 Å². The van der Waals surface area contributed by atoms with Gasteiger partial charge in [0.15, 0.2) is 23.1 Å². The molecule has 2 unspecified atom stereocenters. The molecule has 2 amide bonds. The van der Waals surface area contributed by atoms with Gasteiger partial charge in [-0.2, -0.15) is 0 Å². The van der Waals surface area contributed by atoms with Crippen LogP contribution < -0.4 is 11.5 Å². The molecule has 4 heterocycles. The first-order valence-electron chi connectivity index (χ1n) is 29.2. The van der Waals surface area contributed by atoms with Crippen LogP contribution in [0, 0.1) is 60.1 Å². The van der Waals surface area contributed by atoms with Gasteiger partial charge in [0.2, 0.25) is 11.8 Å². The molecule has 2 aromatic heterocycles. The maximum Gasteiger partial charge on any atom is 0.355 e. The Hall–Kier alpha value is -5.55. The number of aromatic carboxylic acids is 2. The molecule has 6 aliphatic rings. The van der Waals surface area contributed by atoms with Gasteiger partial charge in [0.05, 0.1) is 12.1 Å². The fourth-order valence-electron chi connectivity index (χ4n) is 15.1. The van der Waals surface area contributed by atoms with Gasteiger partial charge in [-0.05, 0) is 148 Å². The molecule has 2 saturated heterocycles. The maximum atomic E-state index is 14.7. The summed E-state index contributed by atoms with van der Waals surface area (Å²) in [6, 6.07) is 8.64. The Labute approximate surface area is 455 Å². The smallest absolute Gasteiger partial charge is 0.355 e. The maximum absolute atomic E-state index is 14.7. The number of amides is 2. The second kappa shape index (κ2) is 25.3. The SMILES string of the molecule is Cc1c(C(=O)O)[nH]c2ccc(CC(=O)[C@@H]3[C@H](C4CCCCC4)CCN3C(=O)C3CCC(C(N)CF)CC3)cc12.NC(CF)C1CCC(C(=O)N2CC[C@@H](C3CCCCC3)[C@H]2C(=O)Cc2ccc3[nH]c(C(=O)O)c(F)c3c2)CC1. The zero-order valence-corrected chi connectivity index (χ0v) is 45.3. The molecule has 14 nitrogen and oxygen atoms in total. The number of carbonyl (C=O) groups is 6. The topological polar surface area (TPSA) is 233 Å². The summed E-state index contributed by atoms with van der Waals surface area (Å²) in [5, 5.41) is 19.7. The third-order valence-corrected chi connectivity index (χ3v) is 19.5. The predicted molar refractivity (Wildman–Crippen MR) is 292 cm³/mol. The number of carbonyl (C=O) groups excluding carboxylic acids is 4. The molecule has 0 bridgehead atoms. The van der Waals surface area contributed by atoms with Gasteiger partial charge in [-0.25, -0.2) is 22.8 Å². The molecule has 0 radical (unpaired) electrons. The molecule has 4 aromatic rings. The highest BCUT2D eigenvalue weighted by molar-refractivity contribution is 5.99. The number of H-pyrrole nitrogens is 2. The number of ketones is 2. The number of nitrogens with one attached hydrogen (secondary N) is 2. The van der Waals surface area contributed by atoms with Crippen molar-refractivity contribution in [1.29, 1.82) is 0 Å². The van der Waals surface area contributed by atoms with E-state index in [2.05, 4.69) is 9.97 Å². The van der Waals surface area contributed by atoms with Gasteiger partial charge in [-0.15, -0.1) is 0 Å². The van der Waals surface area contributed by atoms with Crippen molar-refractivity contribution in [2.75, 3.05) is 26.4 Å². The summed E-state index contributed by atoms with van der Waals surface area (Å²) in [6.07, 6.45) is 19.1. The second-order valence-electron chi connectivity index (χ2n) is 24.1. The third-order valence-electron chi connectivity index (χ3n) is 19.5. The van der Waals surface area contributed by atoms with Crippen molar-refractivity contribution >= 4 is 57.1 Å². The van der Waals surface area contributed by atoms with Crippen LogP contribution in [0.15, 0.2) is 36.4 Å². The van der Waals surface area contributed by atoms with Crippen molar-refractivity contribution in [3.05, 3.63) is 70.3 Å². The number of nitrogens with zero attached hydrogens (tertiary/aromatic N) is 2. The van der Waals surface area contributed by atoms with Crippen molar-refractivity contribution in [1.82, 2.24) is 19.8 Å². The van der Waals surface area contributed by atoms with Crippen LogP contribution >= 0.6 is 0 Å². The van der Waals surface area contributed by atoms with Crippen molar-refractivity contribution in [2.45, 2.75) is 172 Å². The molecule has 4 saturated carbocycles. The number of carboxylic acids is 2. The first-order valence-corrected chi connectivity index (χ1v) is 29.2. The highest BCUT2D eigenvalue weighted by atomic mass is 19.1. The molecule has 424 valence electrons. The van der Waals surface area contributed by atoms with Gasteiger partial charge in [0, 0.05) is 71.7 Å². The molecule has 78 heavy (non-hydrogen) atoms. The van der Waals surface area contributed by atoms with Crippen LogP contribution in [0.2, 0.25) is 0 Å². The summed E-state index contributed by atoms with van der Waals surface area (Å²) in [6.45, 7) is 1.89. The van der Waals surface area contributed by atoms with E-state index < -0.39 is 61.0 Å². The summed E-state index contributed by atoms with van der Waals surface area (Å²) in [5.74, 6) is -1.97. The minimum Gasteiger partial charge on any atom is -0.477 e. The molecular formula is C61H81F3N6O8. The second-order valence-corrected chi connectivity index (χ2v) is 24.1. The molecule has 6 fully saturated rings. The largest absolute Gasteiger partial charge is 0.477 e. The van der Waals surface area contributed by atoms with E-state index >= 15 is 0 Å². The normalized spacial score (nSPS) is 27.1. The Bertz CT molecular complexity index is 2620. The number of fused-ring (bicyclic) bond motifs is 2. The number of halogens is 3. The quantitative estimate of drug-likeness (QED) is 0.0621. The first-order chi connectivity index (χ1) is 37.6. The number of alkyl halides is 2. The average molecular weight is 1080 g/mol. The Morgan fingerprint density at radius 1 is 0.564 bits per heavy atom. The van der Waals surface area contributed by atoms with Crippen LogP contribution in [0.1, 0.15) is 166 Å². The number of aromatic amines is 2. The van der Waals surface area contributed by atoms with Gasteiger partial charge in [0.1, 0.15) is 19.0 Å². The fraction of sp³-hybridized carbons (Fsp3) is 0.639. The standard InChI is InChI=1S/C31H42FN3O4.C30H39F2N3O4/c1-18-24-15-19(7-12-26(24)34-28(18)31(38)39)16-27(36)29-23(20-5-3-2-4-6-20)13-14-35(29)30(37)22-10-8-21(9-11-22)25(33)17-32;31-16-23(33)19-7-9-20(10-8-19)29(37)35-13-12-21(18-4-2-1-3-5-18)28(35)25(36)15-17-6-11-24-22(14-17)26(32)27(34-24)30(38)39/h7,12,15,20-23,25,29,34H,2-6,8-11,13-14,16-17,33H2,1H3,(H,38,39);6,11,14,18-21,23,28,34H,1-5,7-10,12-13,15-16,33H2,(H,38,39)/t21?,22?,23-,25?,29-;19?,20?,21-,23?,28-/m00/s1. The van der Waals surface area contributed by atoms with E-state index in [1.165, 1.54) is 31.7 Å². The van der Waals surface area contributed by atoms with E-state index in [-0.39, 0.29) is 82.8 Å². The average Bonchev–Trinajstić information content (AvgIpc) is 4.34. The summed E-state index contributed by atoms with van der Waals surface area (Å²) < 4.78 is 40.9. The Kier molecular flexibility index (Phi) is 18.5. The third kappa shape index (κ3) is 12.3. The van der Waals surface area contributed by atoms with Crippen LogP contribution in [0.4, 0.5) is 13.2 Å². The Balaban J connectivity index is 0.000000190. The molecule has 6 atom stereocenters. The van der Waals surface area contributed by atoms with Gasteiger partial charge < -0.3 is 41.4 Å². The highest BCUT2D eigenvalue weighted by Crippen LogP contribution is 2.44. The first kappa shape index (κ1) is 57.1. The lowest BCUT2D eigenvalue weighted by Crippen LogP contribution is -2.48.